The van der Waals surface area contributed by atoms with Crippen LogP contribution in [0.5, 0.6) is 0 Å². The lowest BCUT2D eigenvalue weighted by molar-refractivity contribution is 0.333. The van der Waals surface area contributed by atoms with E-state index in [-0.39, 0.29) is 0 Å². The molecule has 1 saturated carbocycles. The monoisotopic (exact) mass is 222 g/mol. The molecule has 0 aromatic carbocycles. The fourth-order valence-electron chi connectivity index (χ4n) is 2.66. The number of aromatic nitrogens is 3. The molecule has 90 valence electrons. The van der Waals surface area contributed by atoms with Gasteiger partial charge >= 0.3 is 0 Å². The summed E-state index contributed by atoms with van der Waals surface area (Å²) in [7, 11) is 0. The van der Waals surface area contributed by atoms with Crippen molar-refractivity contribution in [2.45, 2.75) is 58.5 Å². The third-order valence-corrected chi connectivity index (χ3v) is 3.74. The zero-order valence-electron chi connectivity index (χ0n) is 10.3. The molecule has 0 unspecified atom stereocenters. The molecule has 2 rings (SSSR count). The summed E-state index contributed by atoms with van der Waals surface area (Å²) in [6.07, 6.45) is 5.14. The summed E-state index contributed by atoms with van der Waals surface area (Å²) in [5.41, 5.74) is 5.67. The average Bonchev–Trinajstić information content (AvgIpc) is 2.72. The Labute approximate surface area is 97.2 Å². The Balaban J connectivity index is 2.16. The van der Waals surface area contributed by atoms with E-state index in [0.29, 0.717) is 12.5 Å². The molecule has 0 aliphatic heterocycles. The topological polar surface area (TPSA) is 56.7 Å². The third kappa shape index (κ3) is 2.12. The summed E-state index contributed by atoms with van der Waals surface area (Å²) in [5.74, 6) is 3.57. The van der Waals surface area contributed by atoms with Crippen LogP contribution in [0.1, 0.15) is 57.1 Å². The molecule has 4 nitrogen and oxygen atoms in total. The maximum Gasteiger partial charge on any atom is 0.146 e. The zero-order chi connectivity index (χ0) is 11.5. The lowest BCUT2D eigenvalue weighted by Gasteiger charge is -2.25. The van der Waals surface area contributed by atoms with Crippen molar-refractivity contribution < 1.29 is 0 Å². The fourth-order valence-corrected chi connectivity index (χ4v) is 2.66. The molecule has 0 amide bonds. The Morgan fingerprint density at radius 3 is 2.50 bits per heavy atom. The fraction of sp³-hybridized carbons (Fsp3) is 0.833. The van der Waals surface area contributed by atoms with Crippen LogP contribution in [0.4, 0.5) is 0 Å². The summed E-state index contributed by atoms with van der Waals surface area (Å²) < 4.78 is 2.20. The van der Waals surface area contributed by atoms with Gasteiger partial charge in [0.05, 0.1) is 6.54 Å². The molecule has 0 bridgehead atoms. The van der Waals surface area contributed by atoms with Crippen molar-refractivity contribution in [3.05, 3.63) is 11.6 Å². The van der Waals surface area contributed by atoms with Crippen LogP contribution in [0.15, 0.2) is 0 Å². The van der Waals surface area contributed by atoms with Crippen LogP contribution >= 0.6 is 0 Å². The Hall–Kier alpha value is -0.900. The molecule has 1 aliphatic carbocycles. The molecule has 4 heteroatoms. The van der Waals surface area contributed by atoms with Gasteiger partial charge < -0.3 is 10.3 Å². The molecule has 1 aromatic heterocycles. The van der Waals surface area contributed by atoms with Crippen LogP contribution in [0.25, 0.3) is 0 Å². The van der Waals surface area contributed by atoms with Gasteiger partial charge in [0.1, 0.15) is 11.6 Å². The van der Waals surface area contributed by atoms with Crippen molar-refractivity contribution in [1.29, 1.82) is 0 Å². The van der Waals surface area contributed by atoms with Crippen molar-refractivity contribution in [1.82, 2.24) is 14.8 Å². The van der Waals surface area contributed by atoms with Gasteiger partial charge in [-0.3, -0.25) is 0 Å². The first-order chi connectivity index (χ1) is 7.76. The number of hydrogen-bond donors (Lipinski definition) is 1. The number of hydrogen-bond acceptors (Lipinski definition) is 3. The van der Waals surface area contributed by atoms with E-state index >= 15 is 0 Å². The molecule has 2 N–H and O–H groups in total. The average molecular weight is 222 g/mol. The molecule has 1 fully saturated rings. The predicted octanol–water partition coefficient (Wildman–Crippen LogP) is 2.05. The second kappa shape index (κ2) is 4.95. The van der Waals surface area contributed by atoms with Crippen LogP contribution in [0, 0.1) is 5.92 Å². The van der Waals surface area contributed by atoms with Gasteiger partial charge in [0.15, 0.2) is 0 Å². The van der Waals surface area contributed by atoms with Gasteiger partial charge in [0.2, 0.25) is 0 Å². The summed E-state index contributed by atoms with van der Waals surface area (Å²) in [5, 5.41) is 8.53. The maximum absolute atomic E-state index is 5.67. The van der Waals surface area contributed by atoms with Gasteiger partial charge in [0.25, 0.3) is 0 Å². The van der Waals surface area contributed by atoms with E-state index in [9.17, 15) is 0 Å². The molecule has 0 saturated heterocycles. The standard InChI is InChI=1S/C12H22N4/c1-3-16-11(8-13)14-15-12(16)10-6-4-9(2)5-7-10/h9-10H,3-8,13H2,1-2H3. The normalized spacial score (nSPS) is 25.9. The van der Waals surface area contributed by atoms with Gasteiger partial charge in [-0.15, -0.1) is 10.2 Å². The highest BCUT2D eigenvalue weighted by Crippen LogP contribution is 2.34. The van der Waals surface area contributed by atoms with Crippen LogP contribution in [-0.2, 0) is 13.1 Å². The Bertz CT molecular complexity index is 337. The quantitative estimate of drug-likeness (QED) is 0.851. The van der Waals surface area contributed by atoms with Crippen LogP contribution < -0.4 is 5.73 Å². The van der Waals surface area contributed by atoms with Crippen LogP contribution in [0.2, 0.25) is 0 Å². The third-order valence-electron chi connectivity index (χ3n) is 3.74. The molecule has 0 radical (unpaired) electrons. The molecular weight excluding hydrogens is 200 g/mol. The lowest BCUT2D eigenvalue weighted by atomic mass is 9.82. The van der Waals surface area contributed by atoms with E-state index in [1.165, 1.54) is 25.7 Å². The van der Waals surface area contributed by atoms with Crippen molar-refractivity contribution in [3.63, 3.8) is 0 Å². The molecule has 16 heavy (non-hydrogen) atoms. The van der Waals surface area contributed by atoms with E-state index < -0.39 is 0 Å². The predicted molar refractivity (Wildman–Crippen MR) is 64.0 cm³/mol. The first-order valence-corrected chi connectivity index (χ1v) is 6.38. The number of rotatable bonds is 3. The van der Waals surface area contributed by atoms with Crippen molar-refractivity contribution in [3.8, 4) is 0 Å². The van der Waals surface area contributed by atoms with Crippen LogP contribution in [0.3, 0.4) is 0 Å². The largest absolute Gasteiger partial charge is 0.324 e. The molecule has 0 atom stereocenters. The van der Waals surface area contributed by atoms with E-state index in [1.807, 2.05) is 0 Å². The van der Waals surface area contributed by atoms with E-state index in [1.54, 1.807) is 0 Å². The highest BCUT2D eigenvalue weighted by molar-refractivity contribution is 5.03. The highest BCUT2D eigenvalue weighted by Gasteiger charge is 2.24. The minimum atomic E-state index is 0.490. The molecule has 1 aromatic rings. The smallest absolute Gasteiger partial charge is 0.146 e. The minimum absolute atomic E-state index is 0.490. The van der Waals surface area contributed by atoms with Crippen molar-refractivity contribution >= 4 is 0 Å². The van der Waals surface area contributed by atoms with Gasteiger partial charge in [-0.05, 0) is 25.7 Å². The Kier molecular flexibility index (Phi) is 3.59. The van der Waals surface area contributed by atoms with Gasteiger partial charge in [0, 0.05) is 12.5 Å². The Morgan fingerprint density at radius 1 is 1.25 bits per heavy atom. The highest BCUT2D eigenvalue weighted by atomic mass is 15.3. The second-order valence-corrected chi connectivity index (χ2v) is 4.88. The minimum Gasteiger partial charge on any atom is -0.324 e. The van der Waals surface area contributed by atoms with Gasteiger partial charge in [-0.1, -0.05) is 19.8 Å². The van der Waals surface area contributed by atoms with Gasteiger partial charge in [-0.25, -0.2) is 0 Å². The summed E-state index contributed by atoms with van der Waals surface area (Å²) in [4.78, 5) is 0. The maximum atomic E-state index is 5.67. The molecule has 0 spiro atoms. The first-order valence-electron chi connectivity index (χ1n) is 6.38. The SMILES string of the molecule is CCn1c(CN)nnc1C1CCC(C)CC1. The summed E-state index contributed by atoms with van der Waals surface area (Å²) in [6, 6.07) is 0. The number of nitrogens with two attached hydrogens (primary N) is 1. The van der Waals surface area contributed by atoms with E-state index in [0.717, 1.165) is 24.1 Å². The summed E-state index contributed by atoms with van der Waals surface area (Å²) in [6.45, 7) is 5.90. The Morgan fingerprint density at radius 2 is 1.94 bits per heavy atom. The molecule has 1 heterocycles. The van der Waals surface area contributed by atoms with Crippen molar-refractivity contribution in [2.75, 3.05) is 0 Å². The first kappa shape index (κ1) is 11.6. The molecule has 1 aliphatic rings. The number of nitrogens with zero attached hydrogens (tertiary/aromatic N) is 3. The van der Waals surface area contributed by atoms with Crippen LogP contribution in [-0.4, -0.2) is 14.8 Å². The lowest BCUT2D eigenvalue weighted by Crippen LogP contribution is -2.17. The zero-order valence-corrected chi connectivity index (χ0v) is 10.3. The van der Waals surface area contributed by atoms with Gasteiger partial charge in [-0.2, -0.15) is 0 Å². The molecular formula is C12H22N4. The van der Waals surface area contributed by atoms with E-state index in [2.05, 4.69) is 28.6 Å². The second-order valence-electron chi connectivity index (χ2n) is 4.88. The van der Waals surface area contributed by atoms with E-state index in [4.69, 9.17) is 5.73 Å². The summed E-state index contributed by atoms with van der Waals surface area (Å²) >= 11 is 0. The van der Waals surface area contributed by atoms with Crippen molar-refractivity contribution in [2.24, 2.45) is 11.7 Å².